The highest BCUT2D eigenvalue weighted by atomic mass is 35.5. The van der Waals surface area contributed by atoms with Crippen molar-refractivity contribution < 1.29 is 9.21 Å². The molecule has 2 aromatic heterocycles. The molecule has 24 heavy (non-hydrogen) atoms. The van der Waals surface area contributed by atoms with Gasteiger partial charge >= 0.3 is 0 Å². The SMILES string of the molecule is O=C(NCc1ccco1)c1cc(Nc2ccc(Cl)cc2Cl)ncn1. The molecular weight excluding hydrogens is 351 g/mol. The predicted molar refractivity (Wildman–Crippen MR) is 91.7 cm³/mol. The average Bonchev–Trinajstić information content (AvgIpc) is 3.09. The second kappa shape index (κ2) is 7.33. The first kappa shape index (κ1) is 16.3. The molecule has 8 heteroatoms. The minimum atomic E-state index is -0.334. The number of hydrogen-bond donors (Lipinski definition) is 2. The molecule has 2 N–H and O–H groups in total. The zero-order valence-electron chi connectivity index (χ0n) is 12.3. The van der Waals surface area contributed by atoms with Gasteiger partial charge in [0.2, 0.25) is 0 Å². The standard InChI is InChI=1S/C16H12Cl2N4O2/c17-10-3-4-13(12(18)6-10)22-15-7-14(20-9-21-15)16(23)19-8-11-2-1-5-24-11/h1-7,9H,8H2,(H,19,23)(H,20,21,22). The second-order valence-corrected chi connectivity index (χ2v) is 5.64. The Morgan fingerprint density at radius 1 is 1.17 bits per heavy atom. The summed E-state index contributed by atoms with van der Waals surface area (Å²) in [6.45, 7) is 0.279. The van der Waals surface area contributed by atoms with Crippen molar-refractivity contribution in [3.8, 4) is 0 Å². The lowest BCUT2D eigenvalue weighted by Gasteiger charge is -2.09. The van der Waals surface area contributed by atoms with Crippen molar-refractivity contribution in [1.29, 1.82) is 0 Å². The molecule has 0 atom stereocenters. The van der Waals surface area contributed by atoms with E-state index in [1.54, 1.807) is 36.6 Å². The molecular formula is C16H12Cl2N4O2. The molecule has 0 unspecified atom stereocenters. The third-order valence-electron chi connectivity index (χ3n) is 3.10. The first-order valence-electron chi connectivity index (χ1n) is 6.96. The quantitative estimate of drug-likeness (QED) is 0.715. The number of halogens is 2. The molecule has 0 saturated carbocycles. The van der Waals surface area contributed by atoms with Gasteiger partial charge in [-0.1, -0.05) is 23.2 Å². The number of benzene rings is 1. The fourth-order valence-electron chi connectivity index (χ4n) is 1.95. The first-order valence-corrected chi connectivity index (χ1v) is 7.72. The number of carbonyl (C=O) groups excluding carboxylic acids is 1. The first-order chi connectivity index (χ1) is 11.6. The molecule has 1 amide bonds. The van der Waals surface area contributed by atoms with Crippen LogP contribution in [0.4, 0.5) is 11.5 Å². The summed E-state index contributed by atoms with van der Waals surface area (Å²) in [6, 6.07) is 10.1. The maximum absolute atomic E-state index is 12.1. The molecule has 0 aliphatic heterocycles. The number of hydrogen-bond acceptors (Lipinski definition) is 5. The molecule has 0 bridgehead atoms. The highest BCUT2D eigenvalue weighted by Gasteiger charge is 2.10. The second-order valence-electron chi connectivity index (χ2n) is 4.80. The minimum absolute atomic E-state index is 0.226. The largest absolute Gasteiger partial charge is 0.467 e. The van der Waals surface area contributed by atoms with E-state index in [4.69, 9.17) is 27.6 Å². The maximum Gasteiger partial charge on any atom is 0.270 e. The maximum atomic E-state index is 12.1. The molecule has 3 aromatic rings. The summed E-state index contributed by atoms with van der Waals surface area (Å²) in [6.07, 6.45) is 2.85. The molecule has 122 valence electrons. The third kappa shape index (κ3) is 4.04. The van der Waals surface area contributed by atoms with E-state index in [1.807, 2.05) is 0 Å². The molecule has 6 nitrogen and oxygen atoms in total. The smallest absolute Gasteiger partial charge is 0.270 e. The number of nitrogens with zero attached hydrogens (tertiary/aromatic N) is 2. The van der Waals surface area contributed by atoms with Crippen LogP contribution < -0.4 is 10.6 Å². The Labute approximate surface area is 147 Å². The van der Waals surface area contributed by atoms with Crippen molar-refractivity contribution in [1.82, 2.24) is 15.3 Å². The predicted octanol–water partition coefficient (Wildman–Crippen LogP) is 4.05. The van der Waals surface area contributed by atoms with Gasteiger partial charge in [0.15, 0.2) is 0 Å². The highest BCUT2D eigenvalue weighted by Crippen LogP contribution is 2.27. The highest BCUT2D eigenvalue weighted by molar-refractivity contribution is 6.36. The summed E-state index contributed by atoms with van der Waals surface area (Å²) in [7, 11) is 0. The van der Waals surface area contributed by atoms with Crippen LogP contribution in [0.3, 0.4) is 0 Å². The zero-order chi connectivity index (χ0) is 16.9. The summed E-state index contributed by atoms with van der Waals surface area (Å²) in [4.78, 5) is 20.2. The Morgan fingerprint density at radius 3 is 2.79 bits per heavy atom. The fraction of sp³-hybridized carbons (Fsp3) is 0.0625. The Balaban J connectivity index is 1.70. The number of amides is 1. The summed E-state index contributed by atoms with van der Waals surface area (Å²) in [5, 5.41) is 6.72. The van der Waals surface area contributed by atoms with Crippen LogP contribution in [-0.2, 0) is 6.54 Å². The lowest BCUT2D eigenvalue weighted by molar-refractivity contribution is 0.0943. The van der Waals surface area contributed by atoms with Gasteiger partial charge in [0.1, 0.15) is 23.6 Å². The summed E-state index contributed by atoms with van der Waals surface area (Å²) < 4.78 is 5.16. The van der Waals surface area contributed by atoms with Crippen molar-refractivity contribution in [3.63, 3.8) is 0 Å². The van der Waals surface area contributed by atoms with E-state index in [1.165, 1.54) is 12.4 Å². The van der Waals surface area contributed by atoms with Gasteiger partial charge in [-0.05, 0) is 30.3 Å². The minimum Gasteiger partial charge on any atom is -0.467 e. The molecule has 0 fully saturated rings. The van der Waals surface area contributed by atoms with Crippen molar-refractivity contribution >= 4 is 40.6 Å². The van der Waals surface area contributed by atoms with Crippen molar-refractivity contribution in [2.45, 2.75) is 6.54 Å². The molecule has 0 aliphatic carbocycles. The van der Waals surface area contributed by atoms with Crippen LogP contribution in [-0.4, -0.2) is 15.9 Å². The van der Waals surface area contributed by atoms with Crippen LogP contribution in [0, 0.1) is 0 Å². The van der Waals surface area contributed by atoms with E-state index in [9.17, 15) is 4.79 Å². The van der Waals surface area contributed by atoms with Gasteiger partial charge in [0.25, 0.3) is 5.91 Å². The third-order valence-corrected chi connectivity index (χ3v) is 3.64. The number of nitrogens with one attached hydrogen (secondary N) is 2. The molecule has 0 aliphatic rings. The molecule has 2 heterocycles. The molecule has 3 rings (SSSR count). The number of rotatable bonds is 5. The Bertz CT molecular complexity index is 853. The lowest BCUT2D eigenvalue weighted by Crippen LogP contribution is -2.23. The van der Waals surface area contributed by atoms with Crippen LogP contribution >= 0.6 is 23.2 Å². The zero-order valence-corrected chi connectivity index (χ0v) is 13.8. The van der Waals surface area contributed by atoms with Crippen molar-refractivity contribution in [2.24, 2.45) is 0 Å². The molecule has 0 spiro atoms. The van der Waals surface area contributed by atoms with E-state index in [2.05, 4.69) is 20.6 Å². The van der Waals surface area contributed by atoms with Gasteiger partial charge < -0.3 is 15.1 Å². The number of aromatic nitrogens is 2. The number of carbonyl (C=O) groups is 1. The van der Waals surface area contributed by atoms with E-state index < -0.39 is 0 Å². The van der Waals surface area contributed by atoms with Crippen molar-refractivity contribution in [2.75, 3.05) is 5.32 Å². The Kier molecular flexibility index (Phi) is 4.98. The normalized spacial score (nSPS) is 10.4. The van der Waals surface area contributed by atoms with Crippen LogP contribution in [0.5, 0.6) is 0 Å². The topological polar surface area (TPSA) is 80.0 Å². The average molecular weight is 363 g/mol. The monoisotopic (exact) mass is 362 g/mol. The Morgan fingerprint density at radius 2 is 2.04 bits per heavy atom. The van der Waals surface area contributed by atoms with Crippen molar-refractivity contribution in [3.05, 3.63) is 70.5 Å². The van der Waals surface area contributed by atoms with E-state index >= 15 is 0 Å². The van der Waals surface area contributed by atoms with Crippen LogP contribution in [0.2, 0.25) is 10.0 Å². The fourth-order valence-corrected chi connectivity index (χ4v) is 2.41. The summed E-state index contributed by atoms with van der Waals surface area (Å²) >= 11 is 12.0. The van der Waals surface area contributed by atoms with Gasteiger partial charge in [0.05, 0.1) is 23.5 Å². The number of anilines is 2. The molecule has 0 radical (unpaired) electrons. The van der Waals surface area contributed by atoms with E-state index in [0.717, 1.165) is 0 Å². The van der Waals surface area contributed by atoms with E-state index in [0.29, 0.717) is 27.3 Å². The summed E-state index contributed by atoms with van der Waals surface area (Å²) in [5.74, 6) is 0.764. The van der Waals surface area contributed by atoms with Crippen LogP contribution in [0.25, 0.3) is 0 Å². The van der Waals surface area contributed by atoms with Gasteiger partial charge in [-0.15, -0.1) is 0 Å². The Hall–Kier alpha value is -2.57. The molecule has 1 aromatic carbocycles. The van der Waals surface area contributed by atoms with Gasteiger partial charge in [-0.3, -0.25) is 4.79 Å². The summed E-state index contributed by atoms with van der Waals surface area (Å²) in [5.41, 5.74) is 0.853. The van der Waals surface area contributed by atoms with Crippen LogP contribution in [0.1, 0.15) is 16.2 Å². The van der Waals surface area contributed by atoms with E-state index in [-0.39, 0.29) is 18.1 Å². The van der Waals surface area contributed by atoms with Gasteiger partial charge in [-0.2, -0.15) is 0 Å². The molecule has 0 saturated heterocycles. The lowest BCUT2D eigenvalue weighted by atomic mass is 10.3. The van der Waals surface area contributed by atoms with Crippen LogP contribution in [0.15, 0.2) is 53.4 Å². The van der Waals surface area contributed by atoms with Gasteiger partial charge in [0, 0.05) is 11.1 Å². The number of furan rings is 1. The van der Waals surface area contributed by atoms with Gasteiger partial charge in [-0.25, -0.2) is 9.97 Å².